The summed E-state index contributed by atoms with van der Waals surface area (Å²) >= 11 is 3.05. The molecule has 1 rings (SSSR count). The topological polar surface area (TPSA) is 59.4 Å². The minimum Gasteiger partial charge on any atom is -0.504 e. The molecular formula is C9H10BrNO3. The van der Waals surface area contributed by atoms with E-state index in [1.807, 2.05) is 0 Å². The van der Waals surface area contributed by atoms with Crippen LogP contribution in [0.15, 0.2) is 10.7 Å². The lowest BCUT2D eigenvalue weighted by Gasteiger charge is -2.06. The van der Waals surface area contributed by atoms with Gasteiger partial charge in [-0.05, 0) is 35.8 Å². The Morgan fingerprint density at radius 1 is 1.71 bits per heavy atom. The summed E-state index contributed by atoms with van der Waals surface area (Å²) in [6.07, 6.45) is 0. The molecule has 0 spiro atoms. The maximum atomic E-state index is 11.3. The van der Waals surface area contributed by atoms with Crippen molar-refractivity contribution in [2.24, 2.45) is 0 Å². The van der Waals surface area contributed by atoms with Gasteiger partial charge in [0.25, 0.3) is 0 Å². The molecule has 0 aliphatic rings. The second-order valence-electron chi connectivity index (χ2n) is 2.67. The van der Waals surface area contributed by atoms with Crippen LogP contribution in [0.1, 0.15) is 23.0 Å². The van der Waals surface area contributed by atoms with Gasteiger partial charge in [0.05, 0.1) is 6.61 Å². The predicted octanol–water partition coefficient (Wildman–Crippen LogP) is 2.03. The predicted molar refractivity (Wildman–Crippen MR) is 54.3 cm³/mol. The lowest BCUT2D eigenvalue weighted by atomic mass is 10.2. The van der Waals surface area contributed by atoms with Gasteiger partial charge in [0, 0.05) is 5.69 Å². The molecule has 0 aliphatic heterocycles. The van der Waals surface area contributed by atoms with Gasteiger partial charge < -0.3 is 9.84 Å². The lowest BCUT2D eigenvalue weighted by Crippen LogP contribution is -2.06. The summed E-state index contributed by atoms with van der Waals surface area (Å²) in [7, 11) is 0. The summed E-state index contributed by atoms with van der Waals surface area (Å²) in [6.45, 7) is 3.71. The van der Waals surface area contributed by atoms with Gasteiger partial charge in [-0.2, -0.15) is 0 Å². The molecule has 5 heteroatoms. The first-order valence-electron chi connectivity index (χ1n) is 4.09. The smallest absolute Gasteiger partial charge is 0.342 e. The zero-order valence-corrected chi connectivity index (χ0v) is 9.46. The molecule has 1 aromatic rings. The van der Waals surface area contributed by atoms with Crippen molar-refractivity contribution in [3.8, 4) is 5.75 Å². The highest BCUT2D eigenvalue weighted by atomic mass is 79.9. The van der Waals surface area contributed by atoms with Crippen LogP contribution in [0.3, 0.4) is 0 Å². The van der Waals surface area contributed by atoms with Crippen LogP contribution in [-0.2, 0) is 4.74 Å². The van der Waals surface area contributed by atoms with Gasteiger partial charge in [-0.15, -0.1) is 0 Å². The first-order chi connectivity index (χ1) is 6.56. The van der Waals surface area contributed by atoms with E-state index in [9.17, 15) is 9.90 Å². The van der Waals surface area contributed by atoms with E-state index in [2.05, 4.69) is 20.9 Å². The molecule has 0 atom stereocenters. The van der Waals surface area contributed by atoms with E-state index in [0.717, 1.165) is 0 Å². The molecule has 1 N–H and O–H groups in total. The second-order valence-corrected chi connectivity index (χ2v) is 3.42. The van der Waals surface area contributed by atoms with Crippen molar-refractivity contribution in [3.05, 3.63) is 21.9 Å². The molecule has 14 heavy (non-hydrogen) atoms. The first kappa shape index (κ1) is 11.0. The Morgan fingerprint density at radius 2 is 2.36 bits per heavy atom. The fraction of sp³-hybridized carbons (Fsp3) is 0.333. The quantitative estimate of drug-likeness (QED) is 0.653. The van der Waals surface area contributed by atoms with Crippen LogP contribution in [0.5, 0.6) is 5.75 Å². The Kier molecular flexibility index (Phi) is 3.46. The highest BCUT2D eigenvalue weighted by Gasteiger charge is 2.16. The summed E-state index contributed by atoms with van der Waals surface area (Å²) < 4.78 is 5.02. The third-order valence-corrected chi connectivity index (χ3v) is 2.13. The number of aromatic nitrogens is 1. The third kappa shape index (κ3) is 2.23. The molecule has 0 aromatic carbocycles. The number of nitrogens with zero attached hydrogens (tertiary/aromatic N) is 1. The number of ether oxygens (including phenoxy) is 1. The van der Waals surface area contributed by atoms with E-state index in [0.29, 0.717) is 5.69 Å². The third-order valence-electron chi connectivity index (χ3n) is 1.57. The summed E-state index contributed by atoms with van der Waals surface area (Å²) in [5.41, 5.74) is 0.768. The Hall–Kier alpha value is -1.10. The van der Waals surface area contributed by atoms with Crippen LogP contribution in [0.4, 0.5) is 0 Å². The number of esters is 1. The van der Waals surface area contributed by atoms with Gasteiger partial charge in [-0.1, -0.05) is 0 Å². The van der Waals surface area contributed by atoms with Crippen LogP contribution in [0.2, 0.25) is 0 Å². The number of carbonyl (C=O) groups is 1. The van der Waals surface area contributed by atoms with Crippen LogP contribution in [0.25, 0.3) is 0 Å². The number of halogens is 1. The Balaban J connectivity index is 3.13. The zero-order chi connectivity index (χ0) is 10.7. The van der Waals surface area contributed by atoms with E-state index >= 15 is 0 Å². The molecule has 1 heterocycles. The molecule has 0 unspecified atom stereocenters. The number of hydrogen-bond acceptors (Lipinski definition) is 4. The first-order valence-corrected chi connectivity index (χ1v) is 4.88. The van der Waals surface area contributed by atoms with E-state index < -0.39 is 5.97 Å². The monoisotopic (exact) mass is 259 g/mol. The van der Waals surface area contributed by atoms with Crippen LogP contribution in [0, 0.1) is 6.92 Å². The Bertz CT molecular complexity index is 365. The van der Waals surface area contributed by atoms with E-state index in [1.165, 1.54) is 6.07 Å². The normalized spacial score (nSPS) is 9.93. The summed E-state index contributed by atoms with van der Waals surface area (Å²) in [4.78, 5) is 15.3. The van der Waals surface area contributed by atoms with Crippen LogP contribution < -0.4 is 0 Å². The van der Waals surface area contributed by atoms with Gasteiger partial charge in [-0.3, -0.25) is 0 Å². The van der Waals surface area contributed by atoms with Gasteiger partial charge >= 0.3 is 5.97 Å². The minimum absolute atomic E-state index is 0.131. The summed E-state index contributed by atoms with van der Waals surface area (Å²) in [5.74, 6) is -0.731. The van der Waals surface area contributed by atoms with Gasteiger partial charge in [-0.25, -0.2) is 9.78 Å². The minimum atomic E-state index is -0.545. The maximum Gasteiger partial charge on any atom is 0.342 e. The Labute approximate surface area is 90.0 Å². The standard InChI is InChI=1S/C9H10BrNO3/c1-3-14-9(13)6-4-5(2)11-8(10)7(6)12/h4,12H,3H2,1-2H3. The average molecular weight is 260 g/mol. The van der Waals surface area contributed by atoms with Crippen molar-refractivity contribution in [3.63, 3.8) is 0 Å². The molecule has 0 saturated heterocycles. The van der Waals surface area contributed by atoms with Crippen molar-refractivity contribution < 1.29 is 14.6 Å². The fourth-order valence-corrected chi connectivity index (χ4v) is 1.49. The summed E-state index contributed by atoms with van der Waals surface area (Å²) in [5, 5.41) is 9.51. The average Bonchev–Trinajstić information content (AvgIpc) is 2.11. The fourth-order valence-electron chi connectivity index (χ4n) is 0.993. The number of hydrogen-bond donors (Lipinski definition) is 1. The summed E-state index contributed by atoms with van der Waals surface area (Å²) in [6, 6.07) is 1.48. The van der Waals surface area contributed by atoms with Gasteiger partial charge in [0.2, 0.25) is 0 Å². The molecular weight excluding hydrogens is 250 g/mol. The number of carbonyl (C=O) groups excluding carboxylic acids is 1. The number of rotatable bonds is 2. The molecule has 0 bridgehead atoms. The number of aromatic hydroxyl groups is 1. The van der Waals surface area contributed by atoms with E-state index in [4.69, 9.17) is 4.74 Å². The van der Waals surface area contributed by atoms with E-state index in [-0.39, 0.29) is 22.5 Å². The highest BCUT2D eigenvalue weighted by Crippen LogP contribution is 2.26. The molecule has 76 valence electrons. The molecule has 4 nitrogen and oxygen atoms in total. The second kappa shape index (κ2) is 4.41. The molecule has 1 aromatic heterocycles. The van der Waals surface area contributed by atoms with E-state index in [1.54, 1.807) is 13.8 Å². The van der Waals surface area contributed by atoms with Gasteiger partial charge in [0.15, 0.2) is 5.75 Å². The molecule has 0 fully saturated rings. The molecule has 0 radical (unpaired) electrons. The highest BCUT2D eigenvalue weighted by molar-refractivity contribution is 9.10. The maximum absolute atomic E-state index is 11.3. The Morgan fingerprint density at radius 3 is 2.93 bits per heavy atom. The van der Waals surface area contributed by atoms with Gasteiger partial charge in [0.1, 0.15) is 10.2 Å². The van der Waals surface area contributed by atoms with Crippen LogP contribution >= 0.6 is 15.9 Å². The van der Waals surface area contributed by atoms with Crippen molar-refractivity contribution in [2.45, 2.75) is 13.8 Å². The van der Waals surface area contributed by atoms with Crippen molar-refractivity contribution in [1.82, 2.24) is 4.98 Å². The van der Waals surface area contributed by atoms with Crippen molar-refractivity contribution in [1.29, 1.82) is 0 Å². The molecule has 0 aliphatic carbocycles. The van der Waals surface area contributed by atoms with Crippen molar-refractivity contribution in [2.75, 3.05) is 6.61 Å². The number of pyridine rings is 1. The lowest BCUT2D eigenvalue weighted by molar-refractivity contribution is 0.0522. The largest absolute Gasteiger partial charge is 0.504 e. The molecule has 0 saturated carbocycles. The zero-order valence-electron chi connectivity index (χ0n) is 7.87. The SMILES string of the molecule is CCOC(=O)c1cc(C)nc(Br)c1O. The van der Waals surface area contributed by atoms with Crippen LogP contribution in [-0.4, -0.2) is 22.7 Å². The number of aryl methyl sites for hydroxylation is 1. The molecule has 0 amide bonds. The van der Waals surface area contributed by atoms with Crippen molar-refractivity contribution >= 4 is 21.9 Å².